The smallest absolute Gasteiger partial charge is 0.0558 e. The molecule has 2 aliphatic heterocycles. The normalized spacial score (nSPS) is 16.2. The summed E-state index contributed by atoms with van der Waals surface area (Å²) in [6.07, 6.45) is 5.60. The molecule has 4 nitrogen and oxygen atoms in total. The van der Waals surface area contributed by atoms with E-state index in [1.807, 2.05) is 0 Å². The van der Waals surface area contributed by atoms with Crippen molar-refractivity contribution in [1.29, 1.82) is 0 Å². The van der Waals surface area contributed by atoms with E-state index in [-0.39, 0.29) is 31.4 Å². The van der Waals surface area contributed by atoms with E-state index in [0.717, 1.165) is 52.2 Å². The summed E-state index contributed by atoms with van der Waals surface area (Å²) in [5.74, 6) is 0. The van der Waals surface area contributed by atoms with Crippen LogP contribution in [0.15, 0.2) is 48.5 Å². The first-order valence-corrected chi connectivity index (χ1v) is 10.0. The standard InChI is InChI=1S/C23H29N3O.2ClH/c27-19-18-25-16-14-24(15-17-25)12-5-13-26-22-8-3-1-6-20(22)10-11-21-7-2-4-9-23(21)26;;/h1-4,6-11,27H,5,12-19H2;2*1H/p-2. The van der Waals surface area contributed by atoms with Gasteiger partial charge in [-0.2, -0.15) is 0 Å². The minimum atomic E-state index is 0. The molecule has 2 aromatic carbocycles. The van der Waals surface area contributed by atoms with Gasteiger partial charge in [0.1, 0.15) is 0 Å². The van der Waals surface area contributed by atoms with Crippen molar-refractivity contribution >= 4 is 23.5 Å². The third kappa shape index (κ3) is 5.74. The molecule has 29 heavy (non-hydrogen) atoms. The molecule has 158 valence electrons. The fourth-order valence-electron chi connectivity index (χ4n) is 4.13. The van der Waals surface area contributed by atoms with Gasteiger partial charge in [-0.3, -0.25) is 4.90 Å². The van der Waals surface area contributed by atoms with Gasteiger partial charge in [-0.1, -0.05) is 48.6 Å². The van der Waals surface area contributed by atoms with Crippen LogP contribution in [0.5, 0.6) is 0 Å². The highest BCUT2D eigenvalue weighted by atomic mass is 35.5. The molecular formula is C23H29Cl2N3O-2. The number of aliphatic hydroxyl groups is 1. The lowest BCUT2D eigenvalue weighted by Crippen LogP contribution is -3.00. The van der Waals surface area contributed by atoms with Crippen LogP contribution >= 0.6 is 0 Å². The zero-order valence-electron chi connectivity index (χ0n) is 16.7. The Kier molecular flexibility index (Phi) is 9.47. The fraction of sp³-hybridized carbons (Fsp3) is 0.391. The number of hydrogen-bond acceptors (Lipinski definition) is 4. The number of anilines is 2. The Morgan fingerprint density at radius 2 is 1.14 bits per heavy atom. The lowest BCUT2D eigenvalue weighted by Gasteiger charge is -2.35. The van der Waals surface area contributed by atoms with Gasteiger partial charge in [-0.25, -0.2) is 0 Å². The van der Waals surface area contributed by atoms with E-state index in [0.29, 0.717) is 0 Å². The van der Waals surface area contributed by atoms with Crippen LogP contribution in [-0.2, 0) is 0 Å². The largest absolute Gasteiger partial charge is 1.00 e. The van der Waals surface area contributed by atoms with Gasteiger partial charge in [0, 0.05) is 50.6 Å². The van der Waals surface area contributed by atoms with Crippen LogP contribution in [0.4, 0.5) is 11.4 Å². The lowest BCUT2D eigenvalue weighted by molar-refractivity contribution is -0.00100. The third-order valence-corrected chi connectivity index (χ3v) is 5.63. The number of halogens is 2. The van der Waals surface area contributed by atoms with E-state index < -0.39 is 0 Å². The van der Waals surface area contributed by atoms with E-state index in [2.05, 4.69) is 75.4 Å². The number of fused-ring (bicyclic) bond motifs is 2. The number of para-hydroxylation sites is 2. The molecule has 1 fully saturated rings. The molecule has 4 rings (SSSR count). The van der Waals surface area contributed by atoms with Crippen molar-refractivity contribution in [1.82, 2.24) is 9.80 Å². The van der Waals surface area contributed by atoms with Crippen molar-refractivity contribution in [2.75, 3.05) is 57.3 Å². The second-order valence-corrected chi connectivity index (χ2v) is 7.36. The molecule has 0 unspecified atom stereocenters. The molecule has 2 heterocycles. The number of nitrogens with zero attached hydrogens (tertiary/aromatic N) is 3. The monoisotopic (exact) mass is 433 g/mol. The van der Waals surface area contributed by atoms with Crippen LogP contribution in [-0.4, -0.2) is 67.3 Å². The highest BCUT2D eigenvalue weighted by Crippen LogP contribution is 2.36. The fourth-order valence-corrected chi connectivity index (χ4v) is 4.13. The van der Waals surface area contributed by atoms with E-state index in [1.165, 1.54) is 22.5 Å². The molecule has 0 aromatic heterocycles. The van der Waals surface area contributed by atoms with Crippen LogP contribution in [0.2, 0.25) is 0 Å². The van der Waals surface area contributed by atoms with Gasteiger partial charge < -0.3 is 39.7 Å². The van der Waals surface area contributed by atoms with Crippen molar-refractivity contribution in [3.05, 3.63) is 59.7 Å². The Balaban J connectivity index is 0.00000150. The van der Waals surface area contributed by atoms with Crippen molar-refractivity contribution in [3.63, 3.8) is 0 Å². The molecule has 0 bridgehead atoms. The van der Waals surface area contributed by atoms with Gasteiger partial charge in [0.05, 0.1) is 6.61 Å². The minimum Gasteiger partial charge on any atom is -1.00 e. The lowest BCUT2D eigenvalue weighted by atomic mass is 10.1. The van der Waals surface area contributed by atoms with E-state index >= 15 is 0 Å². The Labute approximate surface area is 186 Å². The second-order valence-electron chi connectivity index (χ2n) is 7.36. The molecule has 6 heteroatoms. The Morgan fingerprint density at radius 3 is 1.66 bits per heavy atom. The van der Waals surface area contributed by atoms with E-state index in [9.17, 15) is 0 Å². The summed E-state index contributed by atoms with van der Waals surface area (Å²) in [6.45, 7) is 7.57. The van der Waals surface area contributed by atoms with Crippen LogP contribution in [0, 0.1) is 0 Å². The molecule has 0 spiro atoms. The number of hydrogen-bond donors (Lipinski definition) is 1. The van der Waals surface area contributed by atoms with Crippen molar-refractivity contribution in [2.45, 2.75) is 6.42 Å². The number of rotatable bonds is 6. The van der Waals surface area contributed by atoms with Crippen LogP contribution < -0.4 is 29.7 Å². The van der Waals surface area contributed by atoms with E-state index in [4.69, 9.17) is 5.11 Å². The Bertz CT molecular complexity index is 742. The quantitative estimate of drug-likeness (QED) is 0.537. The molecule has 2 aliphatic rings. The van der Waals surface area contributed by atoms with Crippen molar-refractivity contribution in [2.24, 2.45) is 0 Å². The predicted molar refractivity (Wildman–Crippen MR) is 113 cm³/mol. The third-order valence-electron chi connectivity index (χ3n) is 5.63. The first kappa shape index (κ1) is 23.7. The molecule has 0 atom stereocenters. The maximum atomic E-state index is 9.09. The SMILES string of the molecule is OCCN1CCN(CCCN2c3ccccc3C=Cc3ccccc32)CC1.[Cl-].[Cl-]. The molecule has 0 radical (unpaired) electrons. The highest BCUT2D eigenvalue weighted by Gasteiger charge is 2.19. The van der Waals surface area contributed by atoms with Gasteiger partial charge in [-0.15, -0.1) is 0 Å². The first-order chi connectivity index (χ1) is 13.3. The van der Waals surface area contributed by atoms with Crippen molar-refractivity contribution < 1.29 is 29.9 Å². The Morgan fingerprint density at radius 1 is 0.655 bits per heavy atom. The summed E-state index contributed by atoms with van der Waals surface area (Å²) < 4.78 is 0. The summed E-state index contributed by atoms with van der Waals surface area (Å²) in [6, 6.07) is 17.4. The van der Waals surface area contributed by atoms with Gasteiger partial charge >= 0.3 is 0 Å². The molecule has 0 saturated carbocycles. The second kappa shape index (κ2) is 11.6. The number of piperazine rings is 1. The first-order valence-electron chi connectivity index (χ1n) is 10.0. The topological polar surface area (TPSA) is 30.0 Å². The summed E-state index contributed by atoms with van der Waals surface area (Å²) in [5.41, 5.74) is 5.16. The predicted octanol–water partition coefficient (Wildman–Crippen LogP) is -2.68. The van der Waals surface area contributed by atoms with Gasteiger partial charge in [0.25, 0.3) is 0 Å². The molecule has 0 amide bonds. The number of β-amino-alcohol motifs (C(OH)–C–C–N with tert-alkyl or cyclic N) is 1. The average Bonchev–Trinajstić information content (AvgIpc) is 2.87. The van der Waals surface area contributed by atoms with Crippen LogP contribution in [0.25, 0.3) is 12.2 Å². The maximum Gasteiger partial charge on any atom is 0.0558 e. The summed E-state index contributed by atoms with van der Waals surface area (Å²) in [5, 5.41) is 9.09. The molecular weight excluding hydrogens is 405 g/mol. The molecule has 0 aliphatic carbocycles. The summed E-state index contributed by atoms with van der Waals surface area (Å²) in [7, 11) is 0. The average molecular weight is 434 g/mol. The number of aliphatic hydroxyl groups excluding tert-OH is 1. The van der Waals surface area contributed by atoms with Crippen LogP contribution in [0.3, 0.4) is 0 Å². The molecule has 1 saturated heterocycles. The van der Waals surface area contributed by atoms with Gasteiger partial charge in [-0.05, 0) is 36.2 Å². The summed E-state index contributed by atoms with van der Waals surface area (Å²) in [4.78, 5) is 7.39. The van der Waals surface area contributed by atoms with Gasteiger partial charge in [0.2, 0.25) is 0 Å². The molecule has 2 aromatic rings. The van der Waals surface area contributed by atoms with Crippen molar-refractivity contribution in [3.8, 4) is 0 Å². The highest BCUT2D eigenvalue weighted by molar-refractivity contribution is 5.88. The molecule has 1 N–H and O–H groups in total. The van der Waals surface area contributed by atoms with Gasteiger partial charge in [0.15, 0.2) is 0 Å². The zero-order valence-corrected chi connectivity index (χ0v) is 18.2. The maximum absolute atomic E-state index is 9.09. The minimum absolute atomic E-state index is 0. The Hall–Kier alpha value is -1.56. The summed E-state index contributed by atoms with van der Waals surface area (Å²) >= 11 is 0. The van der Waals surface area contributed by atoms with Crippen LogP contribution in [0.1, 0.15) is 17.5 Å². The number of benzene rings is 2. The van der Waals surface area contributed by atoms with E-state index in [1.54, 1.807) is 0 Å². The zero-order chi connectivity index (χ0) is 18.5.